The number of carbonyl (C=O) groups is 3. The van der Waals surface area contributed by atoms with Crippen molar-refractivity contribution in [1.29, 1.82) is 0 Å². The molecule has 3 N–H and O–H groups in total. The monoisotopic (exact) mass is 812 g/mol. The van der Waals surface area contributed by atoms with Crippen LogP contribution < -0.4 is 16.0 Å². The number of carbonyl (C=O) groups excluding carboxylic acids is 3. The predicted molar refractivity (Wildman–Crippen MR) is 212 cm³/mol. The van der Waals surface area contributed by atoms with Gasteiger partial charge >= 0.3 is 0 Å². The van der Waals surface area contributed by atoms with Crippen LogP contribution in [0.15, 0.2) is 148 Å². The Balaban J connectivity index is 1.18. The highest BCUT2D eigenvalue weighted by molar-refractivity contribution is 9.10. The van der Waals surface area contributed by atoms with Crippen molar-refractivity contribution in [3.8, 4) is 11.3 Å². The highest BCUT2D eigenvalue weighted by Crippen LogP contribution is 2.37. The lowest BCUT2D eigenvalue weighted by Gasteiger charge is -2.17. The maximum absolute atomic E-state index is 13.7. The van der Waals surface area contributed by atoms with Crippen molar-refractivity contribution in [2.45, 2.75) is 10.1 Å². The number of rotatable bonds is 11. The summed E-state index contributed by atoms with van der Waals surface area (Å²) in [6, 6.07) is 37.9. The van der Waals surface area contributed by atoms with Crippen molar-refractivity contribution >= 4 is 96.8 Å². The third-order valence-corrected chi connectivity index (χ3v) is 10.6. The van der Waals surface area contributed by atoms with Crippen molar-refractivity contribution in [3.05, 3.63) is 170 Å². The van der Waals surface area contributed by atoms with Gasteiger partial charge in [-0.15, -0.1) is 23.1 Å². The third-order valence-electron chi connectivity index (χ3n) is 7.40. The van der Waals surface area contributed by atoms with Gasteiger partial charge in [0.05, 0.1) is 5.69 Å². The summed E-state index contributed by atoms with van der Waals surface area (Å²) in [4.78, 5) is 45.7. The van der Waals surface area contributed by atoms with Crippen molar-refractivity contribution < 1.29 is 14.4 Å². The topological polar surface area (TPSA) is 100 Å². The molecule has 1 unspecified atom stereocenters. The second-order valence-corrected chi connectivity index (χ2v) is 14.7. The summed E-state index contributed by atoms with van der Waals surface area (Å²) in [6.45, 7) is 0. The number of amides is 3. The van der Waals surface area contributed by atoms with E-state index in [1.165, 1.54) is 29.2 Å². The number of halogens is 3. The van der Waals surface area contributed by atoms with Crippen molar-refractivity contribution in [2.24, 2.45) is 0 Å². The van der Waals surface area contributed by atoms with Gasteiger partial charge in [-0.05, 0) is 72.3 Å². The summed E-state index contributed by atoms with van der Waals surface area (Å²) >= 11 is 19.0. The lowest BCUT2D eigenvalue weighted by atomic mass is 10.1. The van der Waals surface area contributed by atoms with Gasteiger partial charge in [-0.3, -0.25) is 14.4 Å². The first-order valence-corrected chi connectivity index (χ1v) is 18.7. The van der Waals surface area contributed by atoms with Crippen molar-refractivity contribution in [2.75, 3.05) is 10.6 Å². The average Bonchev–Trinajstić information content (AvgIpc) is 3.61. The molecule has 0 aliphatic heterocycles. The molecule has 51 heavy (non-hydrogen) atoms. The molecule has 0 bridgehead atoms. The smallest absolute Gasteiger partial charge is 0.272 e. The summed E-state index contributed by atoms with van der Waals surface area (Å²) in [7, 11) is 0. The minimum Gasteiger partial charge on any atom is -0.321 e. The van der Waals surface area contributed by atoms with E-state index in [0.717, 1.165) is 26.2 Å². The zero-order valence-electron chi connectivity index (χ0n) is 26.5. The highest BCUT2D eigenvalue weighted by atomic mass is 79.9. The van der Waals surface area contributed by atoms with Crippen LogP contribution >= 0.6 is 62.2 Å². The molecule has 0 aliphatic carbocycles. The molecule has 254 valence electrons. The number of thioether (sulfide) groups is 1. The molecule has 1 heterocycles. The van der Waals surface area contributed by atoms with Crippen LogP contribution in [0.3, 0.4) is 0 Å². The molecule has 6 aromatic rings. The van der Waals surface area contributed by atoms with Gasteiger partial charge in [0.1, 0.15) is 10.9 Å². The number of aromatic nitrogens is 1. The van der Waals surface area contributed by atoms with Crippen LogP contribution in [0, 0.1) is 0 Å². The number of nitrogens with one attached hydrogen (secondary N) is 3. The zero-order chi connectivity index (χ0) is 35.7. The summed E-state index contributed by atoms with van der Waals surface area (Å²) in [5, 5.41) is 11.0. The van der Waals surface area contributed by atoms with Gasteiger partial charge in [0.2, 0.25) is 5.91 Å². The predicted octanol–water partition coefficient (Wildman–Crippen LogP) is 10.8. The second-order valence-electron chi connectivity index (χ2n) is 10.9. The summed E-state index contributed by atoms with van der Waals surface area (Å²) in [5.74, 6) is -1.27. The Morgan fingerprint density at radius 1 is 0.765 bits per heavy atom. The van der Waals surface area contributed by atoms with Crippen LogP contribution in [0.25, 0.3) is 17.3 Å². The maximum Gasteiger partial charge on any atom is 0.272 e. The van der Waals surface area contributed by atoms with E-state index in [2.05, 4.69) is 36.9 Å². The van der Waals surface area contributed by atoms with Crippen LogP contribution in [0.2, 0.25) is 10.0 Å². The Morgan fingerprint density at radius 2 is 1.41 bits per heavy atom. The molecular weight excluding hydrogens is 787 g/mol. The van der Waals surface area contributed by atoms with Crippen molar-refractivity contribution in [1.82, 2.24) is 10.3 Å². The van der Waals surface area contributed by atoms with E-state index in [1.54, 1.807) is 60.7 Å². The van der Waals surface area contributed by atoms with E-state index in [1.807, 2.05) is 72.1 Å². The first-order valence-electron chi connectivity index (χ1n) is 15.4. The van der Waals surface area contributed by atoms with Crippen molar-refractivity contribution in [3.63, 3.8) is 0 Å². The van der Waals surface area contributed by atoms with Gasteiger partial charge in [0, 0.05) is 47.2 Å². The summed E-state index contributed by atoms with van der Waals surface area (Å²) < 4.78 is 0.973. The van der Waals surface area contributed by atoms with E-state index in [9.17, 15) is 14.4 Å². The van der Waals surface area contributed by atoms with Crippen LogP contribution in [-0.4, -0.2) is 22.7 Å². The molecule has 1 atom stereocenters. The standard InChI is InChI=1S/C39H27BrCl2N4O3S2/c40-27-16-14-24(15-17-27)34-23-50-39(45-34)46-38(49)35(25-8-3-1-4-9-25)51-29-20-18-28(19-21-29)43-37(48)33(22-30-31(41)12-7-13-32(30)42)44-36(47)26-10-5-2-6-11-26/h1-23,35H,(H,43,48)(H,44,47)(H,45,46,49)/b33-22-. The molecule has 0 saturated carbocycles. The first kappa shape index (κ1) is 36.1. The molecule has 7 nitrogen and oxygen atoms in total. The summed E-state index contributed by atoms with van der Waals surface area (Å²) in [6.07, 6.45) is 1.44. The molecule has 12 heteroatoms. The summed E-state index contributed by atoms with van der Waals surface area (Å²) in [5.41, 5.74) is 3.73. The molecule has 0 spiro atoms. The molecule has 0 saturated heterocycles. The van der Waals surface area contributed by atoms with Gasteiger partial charge in [-0.2, -0.15) is 0 Å². The van der Waals surface area contributed by atoms with Gasteiger partial charge in [0.15, 0.2) is 5.13 Å². The largest absolute Gasteiger partial charge is 0.321 e. The van der Waals surface area contributed by atoms with E-state index in [-0.39, 0.29) is 11.6 Å². The number of hydrogen-bond acceptors (Lipinski definition) is 6. The van der Waals surface area contributed by atoms with Gasteiger partial charge in [-0.1, -0.05) is 106 Å². The Hall–Kier alpha value is -4.71. The lowest BCUT2D eigenvalue weighted by Crippen LogP contribution is -2.30. The quantitative estimate of drug-likeness (QED) is 0.0893. The highest BCUT2D eigenvalue weighted by Gasteiger charge is 2.24. The van der Waals surface area contributed by atoms with Crippen LogP contribution in [0.4, 0.5) is 10.8 Å². The molecule has 1 aromatic heterocycles. The van der Waals surface area contributed by atoms with E-state index >= 15 is 0 Å². The number of benzene rings is 5. The molecule has 0 aliphatic rings. The fraction of sp³-hybridized carbons (Fsp3) is 0.0256. The fourth-order valence-corrected chi connectivity index (χ4v) is 7.36. The van der Waals surface area contributed by atoms with E-state index < -0.39 is 17.1 Å². The van der Waals surface area contributed by atoms with E-state index in [0.29, 0.717) is 32.0 Å². The number of nitrogens with zero attached hydrogens (tertiary/aromatic N) is 1. The number of anilines is 2. The second kappa shape index (κ2) is 17.0. The fourth-order valence-electron chi connectivity index (χ4n) is 4.84. The lowest BCUT2D eigenvalue weighted by molar-refractivity contribution is -0.116. The molecule has 3 amide bonds. The minimum absolute atomic E-state index is 0.0522. The Kier molecular flexibility index (Phi) is 12.0. The van der Waals surface area contributed by atoms with E-state index in [4.69, 9.17) is 23.2 Å². The van der Waals surface area contributed by atoms with Gasteiger partial charge < -0.3 is 16.0 Å². The van der Waals surface area contributed by atoms with Crippen LogP contribution in [0.5, 0.6) is 0 Å². The zero-order valence-corrected chi connectivity index (χ0v) is 31.2. The Labute approximate surface area is 321 Å². The molecule has 5 aromatic carbocycles. The van der Waals surface area contributed by atoms with Crippen LogP contribution in [-0.2, 0) is 9.59 Å². The Bertz CT molecular complexity index is 2180. The van der Waals surface area contributed by atoms with Gasteiger partial charge in [-0.25, -0.2) is 4.98 Å². The van der Waals surface area contributed by atoms with Crippen LogP contribution in [0.1, 0.15) is 26.7 Å². The average molecular weight is 815 g/mol. The maximum atomic E-state index is 13.7. The molecule has 0 radical (unpaired) electrons. The number of thiazole rings is 1. The minimum atomic E-state index is -0.588. The molecule has 0 fully saturated rings. The molecule has 6 rings (SSSR count). The SMILES string of the molecule is O=C(Nc1ccc(SC(C(=O)Nc2nc(-c3ccc(Br)cc3)cs2)c2ccccc2)cc1)/C(=C/c1c(Cl)cccc1Cl)NC(=O)c1ccccc1. The first-order chi connectivity index (χ1) is 24.7. The van der Waals surface area contributed by atoms with Gasteiger partial charge in [0.25, 0.3) is 11.8 Å². The third kappa shape index (κ3) is 9.55. The molecular formula is C39H27BrCl2N4O3S2. The number of hydrogen-bond donors (Lipinski definition) is 3. The normalized spacial score (nSPS) is 11.8. The Morgan fingerprint density at radius 3 is 2.08 bits per heavy atom.